The lowest BCUT2D eigenvalue weighted by Gasteiger charge is -2.41. The number of rotatable bonds is 12. The highest BCUT2D eigenvalue weighted by atomic mass is 16.7. The van der Waals surface area contributed by atoms with Crippen molar-refractivity contribution in [3.05, 3.63) is 47.7 Å². The summed E-state index contributed by atoms with van der Waals surface area (Å²) in [5.74, 6) is -2.99. The summed E-state index contributed by atoms with van der Waals surface area (Å²) in [6.45, 7) is 3.93. The normalized spacial score (nSPS) is 32.4. The molecule has 2 fully saturated rings. The van der Waals surface area contributed by atoms with Gasteiger partial charge in [0.2, 0.25) is 6.29 Å². The Balaban J connectivity index is 1.40. The van der Waals surface area contributed by atoms with Crippen LogP contribution in [0.5, 0.6) is 5.75 Å². The number of esters is 3. The number of phenols is 1. The molecule has 1 saturated heterocycles. The van der Waals surface area contributed by atoms with Crippen LogP contribution in [-0.4, -0.2) is 106 Å². The molecule has 1 aromatic rings. The van der Waals surface area contributed by atoms with Crippen LogP contribution < -0.4 is 0 Å². The van der Waals surface area contributed by atoms with Gasteiger partial charge in [0.05, 0.1) is 18.8 Å². The van der Waals surface area contributed by atoms with Gasteiger partial charge in [0.25, 0.3) is 0 Å². The lowest BCUT2D eigenvalue weighted by Crippen LogP contribution is -2.59. The van der Waals surface area contributed by atoms with Crippen LogP contribution in [0.15, 0.2) is 42.2 Å². The van der Waals surface area contributed by atoms with E-state index in [1.807, 2.05) is 13.8 Å². The molecule has 1 aliphatic carbocycles. The van der Waals surface area contributed by atoms with E-state index >= 15 is 0 Å². The monoisotopic (exact) mass is 650 g/mol. The van der Waals surface area contributed by atoms with Crippen LogP contribution >= 0.6 is 0 Å². The Labute approximate surface area is 266 Å². The summed E-state index contributed by atoms with van der Waals surface area (Å²) >= 11 is 0. The van der Waals surface area contributed by atoms with E-state index in [9.17, 15) is 39.9 Å². The molecule has 0 unspecified atom stereocenters. The van der Waals surface area contributed by atoms with Crippen molar-refractivity contribution in [3.8, 4) is 5.75 Å². The van der Waals surface area contributed by atoms with E-state index in [0.717, 1.165) is 6.08 Å². The van der Waals surface area contributed by atoms with Crippen molar-refractivity contribution in [1.29, 1.82) is 0 Å². The van der Waals surface area contributed by atoms with Crippen LogP contribution in [0.1, 0.15) is 45.6 Å². The molecule has 1 saturated carbocycles. The summed E-state index contributed by atoms with van der Waals surface area (Å²) in [5, 5.41) is 52.4. The molecular formula is C32H42O14. The molecular weight excluding hydrogens is 608 g/mol. The van der Waals surface area contributed by atoms with E-state index in [2.05, 4.69) is 0 Å². The molecule has 0 bridgehead atoms. The fraction of sp³-hybridized carbons (Fsp3) is 0.594. The number of ether oxygens (including phenoxy) is 6. The van der Waals surface area contributed by atoms with Crippen molar-refractivity contribution < 1.29 is 68.3 Å². The Morgan fingerprint density at radius 3 is 2.43 bits per heavy atom. The van der Waals surface area contributed by atoms with Gasteiger partial charge in [-0.15, -0.1) is 0 Å². The summed E-state index contributed by atoms with van der Waals surface area (Å²) in [7, 11) is 0. The van der Waals surface area contributed by atoms with Gasteiger partial charge in [-0.25, -0.2) is 4.79 Å². The van der Waals surface area contributed by atoms with E-state index in [-0.39, 0.29) is 37.7 Å². The molecule has 14 heteroatoms. The van der Waals surface area contributed by atoms with Crippen molar-refractivity contribution in [2.45, 2.75) is 82.6 Å². The fourth-order valence-corrected chi connectivity index (χ4v) is 5.79. The minimum atomic E-state index is -1.69. The molecule has 2 heterocycles. The fourth-order valence-electron chi connectivity index (χ4n) is 5.79. The number of fused-ring (bicyclic) bond motifs is 1. The molecule has 0 radical (unpaired) electrons. The number of aliphatic hydroxyl groups is 4. The van der Waals surface area contributed by atoms with Crippen LogP contribution in [0, 0.1) is 17.8 Å². The molecule has 0 spiro atoms. The number of phenolic OH excluding ortho intramolecular Hbond substituents is 1. The molecule has 3 aliphatic rings. The maximum atomic E-state index is 12.5. The van der Waals surface area contributed by atoms with Gasteiger partial charge in [-0.2, -0.15) is 0 Å². The number of hydrogen-bond donors (Lipinski definition) is 5. The van der Waals surface area contributed by atoms with Gasteiger partial charge in [-0.05, 0) is 54.0 Å². The first-order valence-corrected chi connectivity index (χ1v) is 15.1. The van der Waals surface area contributed by atoms with Crippen molar-refractivity contribution in [3.63, 3.8) is 0 Å². The second-order valence-electron chi connectivity index (χ2n) is 12.2. The summed E-state index contributed by atoms with van der Waals surface area (Å²) in [6.07, 6.45) is -4.09. The second kappa shape index (κ2) is 15.4. The number of aromatic hydroxyl groups is 1. The van der Waals surface area contributed by atoms with E-state index in [4.69, 9.17) is 28.4 Å². The first-order chi connectivity index (χ1) is 21.8. The predicted octanol–water partition coefficient (Wildman–Crippen LogP) is 0.923. The minimum absolute atomic E-state index is 0.0278. The molecule has 254 valence electrons. The SMILES string of the molecule is CC(=O)OC[C@@]1(O)CC[C@@H]2C(CO[C@@H]3O[C@H](COC(=O)C=Cc4ccc(O)cc4)[C@@H](O)[C@H](O)[C@H]3O)=CO[C@@H](OC(=O)CC(C)C)[C@@H]21. The van der Waals surface area contributed by atoms with E-state index < -0.39 is 78.9 Å². The lowest BCUT2D eigenvalue weighted by molar-refractivity contribution is -0.300. The lowest BCUT2D eigenvalue weighted by atomic mass is 9.81. The molecule has 14 nitrogen and oxygen atoms in total. The average molecular weight is 651 g/mol. The highest BCUT2D eigenvalue weighted by Gasteiger charge is 2.57. The molecule has 1 aromatic carbocycles. The van der Waals surface area contributed by atoms with Crippen molar-refractivity contribution in [2.24, 2.45) is 17.8 Å². The average Bonchev–Trinajstić information content (AvgIpc) is 3.36. The second-order valence-corrected chi connectivity index (χ2v) is 12.2. The van der Waals surface area contributed by atoms with Gasteiger partial charge in [-0.1, -0.05) is 26.0 Å². The zero-order valence-electron chi connectivity index (χ0n) is 25.9. The van der Waals surface area contributed by atoms with Gasteiger partial charge in [0.1, 0.15) is 49.0 Å². The quantitative estimate of drug-likeness (QED) is 0.121. The van der Waals surface area contributed by atoms with Crippen LogP contribution in [0.2, 0.25) is 0 Å². The Hall–Kier alpha value is -3.53. The predicted molar refractivity (Wildman–Crippen MR) is 157 cm³/mol. The number of hydrogen-bond acceptors (Lipinski definition) is 14. The zero-order chi connectivity index (χ0) is 33.6. The number of carbonyl (C=O) groups is 3. The van der Waals surface area contributed by atoms with Crippen LogP contribution in [0.3, 0.4) is 0 Å². The van der Waals surface area contributed by atoms with Crippen molar-refractivity contribution in [1.82, 2.24) is 0 Å². The van der Waals surface area contributed by atoms with Crippen molar-refractivity contribution >= 4 is 24.0 Å². The third kappa shape index (κ3) is 8.84. The van der Waals surface area contributed by atoms with E-state index in [0.29, 0.717) is 17.6 Å². The highest BCUT2D eigenvalue weighted by Crippen LogP contribution is 2.49. The maximum absolute atomic E-state index is 12.5. The Morgan fingerprint density at radius 2 is 1.76 bits per heavy atom. The third-order valence-electron chi connectivity index (χ3n) is 8.19. The summed E-state index contributed by atoms with van der Waals surface area (Å²) in [6, 6.07) is 6.09. The molecule has 0 aromatic heterocycles. The van der Waals surface area contributed by atoms with E-state index in [1.165, 1.54) is 31.4 Å². The maximum Gasteiger partial charge on any atom is 0.330 e. The number of aliphatic hydroxyl groups excluding tert-OH is 3. The summed E-state index contributed by atoms with van der Waals surface area (Å²) < 4.78 is 33.1. The number of benzene rings is 1. The third-order valence-corrected chi connectivity index (χ3v) is 8.19. The smallest absolute Gasteiger partial charge is 0.330 e. The molecule has 2 aliphatic heterocycles. The topological polar surface area (TPSA) is 208 Å². The largest absolute Gasteiger partial charge is 0.508 e. The first-order valence-electron chi connectivity index (χ1n) is 15.1. The Bertz CT molecular complexity index is 1280. The van der Waals surface area contributed by atoms with Gasteiger partial charge >= 0.3 is 17.9 Å². The molecule has 46 heavy (non-hydrogen) atoms. The number of carbonyl (C=O) groups excluding carboxylic acids is 3. The van der Waals surface area contributed by atoms with Crippen LogP contribution in [0.25, 0.3) is 6.08 Å². The molecule has 4 rings (SSSR count). The van der Waals surface area contributed by atoms with Gasteiger partial charge < -0.3 is 54.0 Å². The van der Waals surface area contributed by atoms with Gasteiger partial charge in [0, 0.05) is 19.4 Å². The molecule has 5 N–H and O–H groups in total. The summed E-state index contributed by atoms with van der Waals surface area (Å²) in [5.41, 5.74) is -0.407. The zero-order valence-corrected chi connectivity index (χ0v) is 25.9. The molecule has 0 amide bonds. The first kappa shape index (κ1) is 35.3. The van der Waals surface area contributed by atoms with Crippen LogP contribution in [0.4, 0.5) is 0 Å². The summed E-state index contributed by atoms with van der Waals surface area (Å²) in [4.78, 5) is 36.2. The van der Waals surface area contributed by atoms with Gasteiger partial charge in [0.15, 0.2) is 6.29 Å². The van der Waals surface area contributed by atoms with E-state index in [1.54, 1.807) is 12.1 Å². The minimum Gasteiger partial charge on any atom is -0.508 e. The standard InChI is InChI=1S/C32H42O14/c1-17(2)12-25(36)46-30-26-22(10-11-32(26,40)16-44-18(3)33)20(13-42-30)14-43-31-29(39)28(38)27(37)23(45-31)15-41-24(35)9-6-19-4-7-21(34)8-5-19/h4-9,13,17,22-23,26-31,34,37-40H,10-12,14-16H2,1-3H3/t22-,23-,26-,27-,28+,29-,30+,31-,32+/m1/s1. The van der Waals surface area contributed by atoms with Crippen molar-refractivity contribution in [2.75, 3.05) is 19.8 Å². The highest BCUT2D eigenvalue weighted by molar-refractivity contribution is 5.87. The Kier molecular flexibility index (Phi) is 11.8. The van der Waals surface area contributed by atoms with Crippen LogP contribution in [-0.2, 0) is 42.8 Å². The molecule has 9 atom stereocenters. The van der Waals surface area contributed by atoms with Gasteiger partial charge in [-0.3, -0.25) is 9.59 Å². The Morgan fingerprint density at radius 1 is 1.04 bits per heavy atom.